The summed E-state index contributed by atoms with van der Waals surface area (Å²) in [5, 5.41) is 19.4. The molecule has 0 unspecified atom stereocenters. The molecule has 1 heterocycles. The van der Waals surface area contributed by atoms with E-state index in [1.54, 1.807) is 6.07 Å². The Labute approximate surface area is 165 Å². The van der Waals surface area contributed by atoms with Crippen LogP contribution in [-0.4, -0.2) is 35.9 Å². The van der Waals surface area contributed by atoms with E-state index in [2.05, 4.69) is 0 Å². The average Bonchev–Trinajstić information content (AvgIpc) is 2.93. The fraction of sp³-hybridized carbons (Fsp3) is 0.300. The average molecular weight is 408 g/mol. The molecule has 0 saturated carbocycles. The molecule has 0 aliphatic carbocycles. The van der Waals surface area contributed by atoms with E-state index in [4.69, 9.17) is 9.47 Å². The van der Waals surface area contributed by atoms with Crippen molar-refractivity contribution < 1.29 is 32.5 Å². The first kappa shape index (κ1) is 21.9. The van der Waals surface area contributed by atoms with E-state index in [0.29, 0.717) is 5.56 Å². The molecule has 0 fully saturated rings. The number of ether oxygens (including phenoxy) is 2. The van der Waals surface area contributed by atoms with Crippen LogP contribution in [0.4, 0.5) is 13.2 Å². The van der Waals surface area contributed by atoms with E-state index < -0.39 is 18.5 Å². The maximum Gasteiger partial charge on any atom is 0.406 e. The zero-order valence-electron chi connectivity index (χ0n) is 16.2. The molecule has 9 heteroatoms. The number of nitrogens with zero attached hydrogens (tertiary/aromatic N) is 2. The zero-order chi connectivity index (χ0) is 21.9. The van der Waals surface area contributed by atoms with Gasteiger partial charge in [-0.2, -0.15) is 18.4 Å². The Kier molecular flexibility index (Phi) is 6.27. The van der Waals surface area contributed by atoms with Crippen LogP contribution >= 0.6 is 0 Å². The van der Waals surface area contributed by atoms with Gasteiger partial charge in [0.2, 0.25) is 11.5 Å². The Morgan fingerprint density at radius 2 is 1.76 bits per heavy atom. The van der Waals surface area contributed by atoms with Crippen LogP contribution in [0.25, 0.3) is 6.08 Å². The van der Waals surface area contributed by atoms with Crippen molar-refractivity contribution in [3.05, 3.63) is 46.3 Å². The molecule has 1 N–H and O–H groups in total. The molecule has 0 spiro atoms. The number of hydrogen-bond donors (Lipinski definition) is 1. The molecule has 0 atom stereocenters. The van der Waals surface area contributed by atoms with Crippen molar-refractivity contribution in [3.8, 4) is 23.3 Å². The molecule has 0 aliphatic heterocycles. The van der Waals surface area contributed by atoms with E-state index in [9.17, 15) is 28.3 Å². The highest BCUT2D eigenvalue weighted by Gasteiger charge is 2.30. The molecule has 1 aromatic carbocycles. The van der Waals surface area contributed by atoms with Crippen molar-refractivity contribution >= 4 is 11.9 Å². The lowest BCUT2D eigenvalue weighted by molar-refractivity contribution is -0.141. The summed E-state index contributed by atoms with van der Waals surface area (Å²) in [4.78, 5) is 12.8. The van der Waals surface area contributed by atoms with Crippen LogP contribution in [-0.2, 0) is 6.54 Å². The Bertz CT molecular complexity index is 989. The van der Waals surface area contributed by atoms with Crippen molar-refractivity contribution in [2.24, 2.45) is 0 Å². The summed E-state index contributed by atoms with van der Waals surface area (Å²) in [5.74, 6) is -0.805. The van der Waals surface area contributed by atoms with Crippen LogP contribution in [0.2, 0.25) is 0 Å². The smallest absolute Gasteiger partial charge is 0.406 e. The summed E-state index contributed by atoms with van der Waals surface area (Å²) in [6, 6.07) is 5.90. The van der Waals surface area contributed by atoms with Crippen LogP contribution in [0.1, 0.15) is 27.3 Å². The van der Waals surface area contributed by atoms with Gasteiger partial charge in [-0.3, -0.25) is 4.79 Å². The van der Waals surface area contributed by atoms with Gasteiger partial charge in [0.25, 0.3) is 0 Å². The maximum atomic E-state index is 12.8. The molecule has 2 rings (SSSR count). The van der Waals surface area contributed by atoms with Gasteiger partial charge >= 0.3 is 6.18 Å². The van der Waals surface area contributed by atoms with Crippen molar-refractivity contribution in [3.63, 3.8) is 0 Å². The number of allylic oxidation sites excluding steroid dienone is 1. The van der Waals surface area contributed by atoms with Gasteiger partial charge in [-0.05, 0) is 43.7 Å². The Morgan fingerprint density at radius 3 is 2.21 bits per heavy atom. The number of rotatable bonds is 6. The second kappa shape index (κ2) is 8.31. The van der Waals surface area contributed by atoms with Gasteiger partial charge in [0.05, 0.1) is 14.2 Å². The third-order valence-electron chi connectivity index (χ3n) is 4.33. The number of ketones is 1. The monoisotopic (exact) mass is 408 g/mol. The summed E-state index contributed by atoms with van der Waals surface area (Å²) in [5.41, 5.74) is 0.440. The van der Waals surface area contributed by atoms with E-state index in [0.717, 1.165) is 4.57 Å². The van der Waals surface area contributed by atoms with Gasteiger partial charge in [-0.1, -0.05) is 0 Å². The predicted molar refractivity (Wildman–Crippen MR) is 99.1 cm³/mol. The lowest BCUT2D eigenvalue weighted by Gasteiger charge is -2.12. The Balaban J connectivity index is 2.50. The largest absolute Gasteiger partial charge is 0.502 e. The normalized spacial score (nSPS) is 11.9. The number of carbonyl (C=O) groups is 1. The quantitative estimate of drug-likeness (QED) is 0.440. The zero-order valence-corrected chi connectivity index (χ0v) is 16.2. The lowest BCUT2D eigenvalue weighted by atomic mass is 10.0. The fourth-order valence-electron chi connectivity index (χ4n) is 2.91. The summed E-state index contributed by atoms with van der Waals surface area (Å²) in [6.45, 7) is 1.63. The molecule has 2 aromatic rings. The molecule has 154 valence electrons. The van der Waals surface area contributed by atoms with Crippen LogP contribution in [0, 0.1) is 25.2 Å². The third kappa shape index (κ3) is 4.71. The van der Waals surface area contributed by atoms with Gasteiger partial charge in [0, 0.05) is 17.0 Å². The van der Waals surface area contributed by atoms with Gasteiger partial charge in [-0.25, -0.2) is 0 Å². The van der Waals surface area contributed by atoms with Crippen molar-refractivity contribution in [2.45, 2.75) is 26.6 Å². The molecular weight excluding hydrogens is 389 g/mol. The molecule has 6 nitrogen and oxygen atoms in total. The minimum Gasteiger partial charge on any atom is -0.502 e. The number of Topliss-reactive ketones (excluding diaryl/α,β-unsaturated/α-hetero) is 1. The summed E-state index contributed by atoms with van der Waals surface area (Å²) >= 11 is 0. The van der Waals surface area contributed by atoms with Crippen molar-refractivity contribution in [1.29, 1.82) is 5.26 Å². The highest BCUT2D eigenvalue weighted by molar-refractivity contribution is 6.14. The standard InChI is InChI=1S/C20H19F3N2O4/c1-11-5-15(12(2)25(11)10-20(21,22)23)18(26)14(9-24)6-13-7-16(28-3)19(27)17(8-13)29-4/h5-8,27H,10H2,1-4H3/b14-6+. The van der Waals surface area contributed by atoms with Gasteiger partial charge < -0.3 is 19.1 Å². The number of aromatic nitrogens is 1. The highest BCUT2D eigenvalue weighted by Crippen LogP contribution is 2.37. The number of benzene rings is 1. The number of halogens is 3. The molecular formula is C20H19F3N2O4. The van der Waals surface area contributed by atoms with Gasteiger partial charge in [-0.15, -0.1) is 0 Å². The van der Waals surface area contributed by atoms with Crippen molar-refractivity contribution in [1.82, 2.24) is 4.57 Å². The van der Waals surface area contributed by atoms with Gasteiger partial charge in [0.1, 0.15) is 18.2 Å². The molecule has 0 saturated heterocycles. The first-order valence-corrected chi connectivity index (χ1v) is 8.37. The Hall–Kier alpha value is -3.41. The van der Waals surface area contributed by atoms with Crippen LogP contribution in [0.3, 0.4) is 0 Å². The molecule has 0 amide bonds. The summed E-state index contributed by atoms with van der Waals surface area (Å²) < 4.78 is 49.4. The van der Waals surface area contributed by atoms with E-state index in [1.165, 1.54) is 52.3 Å². The van der Waals surface area contributed by atoms with E-state index >= 15 is 0 Å². The summed E-state index contributed by atoms with van der Waals surface area (Å²) in [7, 11) is 2.65. The SMILES string of the molecule is COc1cc(/C=C(\C#N)C(=O)c2cc(C)n(CC(F)(F)F)c2C)cc(OC)c1O. The molecule has 1 aromatic heterocycles. The minimum absolute atomic E-state index is 0.0114. The summed E-state index contributed by atoms with van der Waals surface area (Å²) in [6.07, 6.45) is -3.19. The van der Waals surface area contributed by atoms with Crippen molar-refractivity contribution in [2.75, 3.05) is 14.2 Å². The van der Waals surface area contributed by atoms with E-state index in [1.807, 2.05) is 0 Å². The number of aromatic hydroxyl groups is 1. The number of phenolic OH excluding ortho intramolecular Hbond substituents is 1. The Morgan fingerprint density at radius 1 is 1.21 bits per heavy atom. The first-order valence-electron chi connectivity index (χ1n) is 8.37. The number of carbonyl (C=O) groups excluding carboxylic acids is 1. The number of aryl methyl sites for hydroxylation is 1. The minimum atomic E-state index is -4.44. The molecule has 29 heavy (non-hydrogen) atoms. The lowest BCUT2D eigenvalue weighted by Crippen LogP contribution is -2.19. The fourth-order valence-corrected chi connectivity index (χ4v) is 2.91. The van der Waals surface area contributed by atoms with Crippen LogP contribution < -0.4 is 9.47 Å². The topological polar surface area (TPSA) is 84.5 Å². The number of alkyl halides is 3. The number of phenols is 1. The highest BCUT2D eigenvalue weighted by atomic mass is 19.4. The van der Waals surface area contributed by atoms with E-state index in [-0.39, 0.29) is 39.8 Å². The van der Waals surface area contributed by atoms with Crippen LogP contribution in [0.5, 0.6) is 17.2 Å². The number of nitriles is 1. The number of methoxy groups -OCH3 is 2. The van der Waals surface area contributed by atoms with Crippen LogP contribution in [0.15, 0.2) is 23.8 Å². The second-order valence-corrected chi connectivity index (χ2v) is 6.26. The molecule has 0 bridgehead atoms. The van der Waals surface area contributed by atoms with Gasteiger partial charge in [0.15, 0.2) is 11.5 Å². The predicted octanol–water partition coefficient (Wildman–Crippen LogP) is 4.18. The second-order valence-electron chi connectivity index (χ2n) is 6.26. The molecule has 0 aliphatic rings. The third-order valence-corrected chi connectivity index (χ3v) is 4.33. The number of hydrogen-bond acceptors (Lipinski definition) is 5. The first-order chi connectivity index (χ1) is 13.5. The maximum absolute atomic E-state index is 12.8. The molecule has 0 radical (unpaired) electrons.